The van der Waals surface area contributed by atoms with E-state index in [0.29, 0.717) is 0 Å². The van der Waals surface area contributed by atoms with Crippen LogP contribution >= 0.6 is 11.6 Å². The Kier molecular flexibility index (Phi) is 4.07. The maximum Gasteiger partial charge on any atom is 0.0593 e. The molecule has 0 amide bonds. The first-order valence-electron chi connectivity index (χ1n) is 5.56. The van der Waals surface area contributed by atoms with Crippen LogP contribution in [0.2, 0.25) is 5.02 Å². The first-order chi connectivity index (χ1) is 8.31. The second-order valence-corrected chi connectivity index (χ2v) is 4.16. The average Bonchev–Trinajstić information content (AvgIpc) is 2.37. The minimum Gasteiger partial charge on any atom is -0.306 e. The van der Waals surface area contributed by atoms with E-state index >= 15 is 0 Å². The topological polar surface area (TPSA) is 37.8 Å². The molecule has 0 fully saturated rings. The molecule has 17 heavy (non-hydrogen) atoms. The van der Waals surface area contributed by atoms with Crippen LogP contribution in [0.25, 0.3) is 0 Å². The van der Waals surface area contributed by atoms with Crippen molar-refractivity contribution in [2.24, 2.45) is 0 Å². The first kappa shape index (κ1) is 12.0. The van der Waals surface area contributed by atoms with Crippen molar-refractivity contribution in [2.75, 3.05) is 6.54 Å². The number of benzene rings is 1. The Hall–Kier alpha value is -1.45. The molecule has 2 aromatic rings. The molecule has 1 unspecified atom stereocenters. The van der Waals surface area contributed by atoms with Crippen LogP contribution in [-0.2, 0) is 0 Å². The van der Waals surface area contributed by atoms with Gasteiger partial charge in [0.1, 0.15) is 0 Å². The highest BCUT2D eigenvalue weighted by atomic mass is 35.5. The highest BCUT2D eigenvalue weighted by Crippen LogP contribution is 2.23. The van der Waals surface area contributed by atoms with E-state index in [1.54, 1.807) is 12.4 Å². The Morgan fingerprint density at radius 3 is 2.76 bits per heavy atom. The van der Waals surface area contributed by atoms with Gasteiger partial charge in [0.15, 0.2) is 0 Å². The van der Waals surface area contributed by atoms with Gasteiger partial charge in [-0.3, -0.25) is 0 Å². The van der Waals surface area contributed by atoms with Gasteiger partial charge < -0.3 is 5.32 Å². The first-order valence-corrected chi connectivity index (χ1v) is 5.94. The Morgan fingerprint density at radius 2 is 2.12 bits per heavy atom. The Labute approximate surface area is 106 Å². The van der Waals surface area contributed by atoms with Gasteiger partial charge in [-0.1, -0.05) is 30.7 Å². The van der Waals surface area contributed by atoms with E-state index in [1.165, 1.54) is 0 Å². The molecule has 0 aliphatic heterocycles. The van der Waals surface area contributed by atoms with Crippen LogP contribution in [0, 0.1) is 0 Å². The van der Waals surface area contributed by atoms with Gasteiger partial charge in [0.25, 0.3) is 0 Å². The van der Waals surface area contributed by atoms with Gasteiger partial charge in [0.05, 0.1) is 12.2 Å². The molecular formula is C13H14ClN3. The van der Waals surface area contributed by atoms with Gasteiger partial charge in [-0.25, -0.2) is 0 Å². The second kappa shape index (κ2) is 5.75. The van der Waals surface area contributed by atoms with Crippen molar-refractivity contribution in [3.63, 3.8) is 0 Å². The van der Waals surface area contributed by atoms with Crippen LogP contribution in [0.15, 0.2) is 42.7 Å². The Morgan fingerprint density at radius 1 is 1.24 bits per heavy atom. The fraction of sp³-hybridized carbons (Fsp3) is 0.231. The van der Waals surface area contributed by atoms with E-state index in [0.717, 1.165) is 22.7 Å². The number of rotatable bonds is 4. The molecule has 1 aromatic heterocycles. The summed E-state index contributed by atoms with van der Waals surface area (Å²) in [6.07, 6.45) is 3.47. The highest BCUT2D eigenvalue weighted by molar-refractivity contribution is 6.30. The third kappa shape index (κ3) is 3.02. The lowest BCUT2D eigenvalue weighted by Gasteiger charge is -2.18. The fourth-order valence-electron chi connectivity index (χ4n) is 1.79. The summed E-state index contributed by atoms with van der Waals surface area (Å²) in [6.45, 7) is 2.95. The number of halogens is 1. The van der Waals surface area contributed by atoms with Gasteiger partial charge >= 0.3 is 0 Å². The largest absolute Gasteiger partial charge is 0.306 e. The van der Waals surface area contributed by atoms with Crippen LogP contribution in [0.4, 0.5) is 0 Å². The summed E-state index contributed by atoms with van der Waals surface area (Å²) >= 11 is 6.02. The standard InChI is InChI=1S/C13H14ClN3/c1-2-15-13(11-6-7-16-17-9-11)10-4-3-5-12(14)8-10/h3-9,13,15H,2H2,1H3. The van der Waals surface area contributed by atoms with Crippen molar-refractivity contribution in [1.29, 1.82) is 0 Å². The molecular weight excluding hydrogens is 234 g/mol. The quantitative estimate of drug-likeness (QED) is 0.903. The van der Waals surface area contributed by atoms with E-state index in [2.05, 4.69) is 28.5 Å². The number of hydrogen-bond donors (Lipinski definition) is 1. The van der Waals surface area contributed by atoms with E-state index in [4.69, 9.17) is 11.6 Å². The zero-order valence-electron chi connectivity index (χ0n) is 9.60. The zero-order chi connectivity index (χ0) is 12.1. The van der Waals surface area contributed by atoms with Crippen LogP contribution in [-0.4, -0.2) is 16.7 Å². The number of nitrogens with one attached hydrogen (secondary N) is 1. The predicted octanol–water partition coefficient (Wildman–Crippen LogP) is 2.83. The molecule has 3 nitrogen and oxygen atoms in total. The lowest BCUT2D eigenvalue weighted by molar-refractivity contribution is 0.626. The van der Waals surface area contributed by atoms with Crippen LogP contribution < -0.4 is 5.32 Å². The maximum atomic E-state index is 6.02. The molecule has 0 spiro atoms. The van der Waals surface area contributed by atoms with E-state index < -0.39 is 0 Å². The number of hydrogen-bond acceptors (Lipinski definition) is 3. The molecule has 0 radical (unpaired) electrons. The minimum atomic E-state index is 0.106. The molecule has 1 atom stereocenters. The summed E-state index contributed by atoms with van der Waals surface area (Å²) < 4.78 is 0. The van der Waals surface area contributed by atoms with Crippen molar-refractivity contribution in [3.8, 4) is 0 Å². The van der Waals surface area contributed by atoms with Crippen molar-refractivity contribution < 1.29 is 0 Å². The monoisotopic (exact) mass is 247 g/mol. The summed E-state index contributed by atoms with van der Waals surface area (Å²) in [6, 6.07) is 9.92. The van der Waals surface area contributed by atoms with Gasteiger partial charge in [-0.15, -0.1) is 0 Å². The molecule has 1 N–H and O–H groups in total. The molecule has 4 heteroatoms. The molecule has 1 aromatic carbocycles. The molecule has 0 saturated carbocycles. The Bertz CT molecular complexity index is 473. The SMILES string of the molecule is CCNC(c1ccnnc1)c1cccc(Cl)c1. The number of aromatic nitrogens is 2. The van der Waals surface area contributed by atoms with Gasteiger partial charge in [-0.05, 0) is 35.9 Å². The lowest BCUT2D eigenvalue weighted by atomic mass is 10.0. The third-order valence-corrected chi connectivity index (χ3v) is 2.77. The zero-order valence-corrected chi connectivity index (χ0v) is 10.4. The average molecular weight is 248 g/mol. The summed E-state index contributed by atoms with van der Waals surface area (Å²) in [5, 5.41) is 11.9. The second-order valence-electron chi connectivity index (χ2n) is 3.72. The number of nitrogens with zero attached hydrogens (tertiary/aromatic N) is 2. The fourth-order valence-corrected chi connectivity index (χ4v) is 1.99. The van der Waals surface area contributed by atoms with Crippen molar-refractivity contribution in [1.82, 2.24) is 15.5 Å². The molecule has 88 valence electrons. The summed E-state index contributed by atoms with van der Waals surface area (Å²) in [7, 11) is 0. The molecule has 0 bridgehead atoms. The van der Waals surface area contributed by atoms with Crippen molar-refractivity contribution >= 4 is 11.6 Å². The molecule has 0 saturated heterocycles. The smallest absolute Gasteiger partial charge is 0.0593 e. The predicted molar refractivity (Wildman–Crippen MR) is 69.0 cm³/mol. The normalized spacial score (nSPS) is 12.4. The molecule has 2 rings (SSSR count). The van der Waals surface area contributed by atoms with E-state index in [-0.39, 0.29) is 6.04 Å². The Balaban J connectivity index is 2.35. The summed E-state index contributed by atoms with van der Waals surface area (Å²) in [4.78, 5) is 0. The molecule has 1 heterocycles. The van der Waals surface area contributed by atoms with Crippen LogP contribution in [0.3, 0.4) is 0 Å². The van der Waals surface area contributed by atoms with E-state index in [1.807, 2.05) is 24.3 Å². The van der Waals surface area contributed by atoms with E-state index in [9.17, 15) is 0 Å². The molecule has 0 aliphatic carbocycles. The maximum absolute atomic E-state index is 6.02. The lowest BCUT2D eigenvalue weighted by Crippen LogP contribution is -2.22. The summed E-state index contributed by atoms with van der Waals surface area (Å²) in [5.41, 5.74) is 2.22. The van der Waals surface area contributed by atoms with Gasteiger partial charge in [0.2, 0.25) is 0 Å². The van der Waals surface area contributed by atoms with Crippen molar-refractivity contribution in [3.05, 3.63) is 58.9 Å². The minimum absolute atomic E-state index is 0.106. The summed E-state index contributed by atoms with van der Waals surface area (Å²) in [5.74, 6) is 0. The van der Waals surface area contributed by atoms with Crippen LogP contribution in [0.5, 0.6) is 0 Å². The van der Waals surface area contributed by atoms with Crippen molar-refractivity contribution in [2.45, 2.75) is 13.0 Å². The van der Waals surface area contributed by atoms with Gasteiger partial charge in [0, 0.05) is 11.2 Å². The van der Waals surface area contributed by atoms with Crippen LogP contribution in [0.1, 0.15) is 24.1 Å². The molecule has 0 aliphatic rings. The highest BCUT2D eigenvalue weighted by Gasteiger charge is 2.13. The third-order valence-electron chi connectivity index (χ3n) is 2.53. The van der Waals surface area contributed by atoms with Gasteiger partial charge in [-0.2, -0.15) is 10.2 Å².